The maximum atomic E-state index is 9.87. The van der Waals surface area contributed by atoms with E-state index in [0.29, 0.717) is 0 Å². The molecule has 0 bridgehead atoms. The van der Waals surface area contributed by atoms with Gasteiger partial charge in [0.2, 0.25) is 0 Å². The minimum Gasteiger partial charge on any atom is -0.455 e. The molecule has 12 aromatic rings. The standard InChI is InChI=1S/C51H29N3O3/c1-3-14-30(15-4-1)49-52-50(31-16-5-2-6-17-31)54-51(53-49)40-24-13-27-43-44(40)39-23-12-22-36(47(39)57-43)37-29-28-33(45-38-19-8-10-26-42(38)56-48(37)45)35-21-11-20-34-32-18-7-9-25-41(32)55-46(34)35/h1-29H/i1D,2D,3D,4D,5D,6D,7D,8D,9D,10D,11D,12D,13D,14D,15D,16D,17D,18D,19D,20D,21D,22D,23D,24D,25D,26D,27D,28D,29D. The highest BCUT2D eigenvalue weighted by molar-refractivity contribution is 6.22. The number of para-hydroxylation sites is 4. The maximum Gasteiger partial charge on any atom is 0.164 e. The smallest absolute Gasteiger partial charge is 0.164 e. The second-order valence-corrected chi connectivity index (χ2v) is 12.1. The Morgan fingerprint density at radius 1 is 0.298 bits per heavy atom. The molecule has 266 valence electrons. The van der Waals surface area contributed by atoms with E-state index in [1.807, 2.05) is 0 Å². The number of hydrogen-bond acceptors (Lipinski definition) is 6. The van der Waals surface area contributed by atoms with Crippen molar-refractivity contribution in [2.75, 3.05) is 0 Å². The number of fused-ring (bicyclic) bond motifs is 9. The molecule has 6 heteroatoms. The summed E-state index contributed by atoms with van der Waals surface area (Å²) < 4.78 is 277. The second kappa shape index (κ2) is 12.3. The molecule has 0 saturated heterocycles. The summed E-state index contributed by atoms with van der Waals surface area (Å²) in [5.74, 6) is -2.50. The van der Waals surface area contributed by atoms with Gasteiger partial charge in [0.05, 0.1) is 39.8 Å². The number of aromatic nitrogens is 3. The lowest BCUT2D eigenvalue weighted by Crippen LogP contribution is -2.00. The monoisotopic (exact) mass is 760 g/mol. The van der Waals surface area contributed by atoms with Gasteiger partial charge in [-0.3, -0.25) is 0 Å². The fraction of sp³-hybridized carbons (Fsp3) is 0. The summed E-state index contributed by atoms with van der Waals surface area (Å²) in [6.07, 6.45) is 0. The van der Waals surface area contributed by atoms with Gasteiger partial charge in [-0.1, -0.05) is 151 Å². The quantitative estimate of drug-likeness (QED) is 0.174. The lowest BCUT2D eigenvalue weighted by atomic mass is 9.93. The van der Waals surface area contributed by atoms with E-state index in [9.17, 15) is 12.3 Å². The van der Waals surface area contributed by atoms with Gasteiger partial charge in [0.25, 0.3) is 0 Å². The fourth-order valence-corrected chi connectivity index (χ4v) is 6.60. The van der Waals surface area contributed by atoms with Crippen LogP contribution in [0.25, 0.3) is 122 Å². The molecule has 4 aromatic heterocycles. The van der Waals surface area contributed by atoms with E-state index in [0.717, 1.165) is 0 Å². The first kappa shape index (κ1) is 14.3. The molecule has 0 saturated carbocycles. The molecule has 0 spiro atoms. The highest BCUT2D eigenvalue weighted by Crippen LogP contribution is 2.47. The minimum atomic E-state index is -1.03. The van der Waals surface area contributed by atoms with Crippen LogP contribution in [-0.4, -0.2) is 15.0 Å². The van der Waals surface area contributed by atoms with E-state index in [1.54, 1.807) is 0 Å². The zero-order valence-corrected chi connectivity index (χ0v) is 28.1. The predicted octanol–water partition coefficient (Wildman–Crippen LogP) is 13.9. The summed E-state index contributed by atoms with van der Waals surface area (Å²) in [6.45, 7) is 0. The van der Waals surface area contributed by atoms with Crippen molar-refractivity contribution in [3.8, 4) is 56.4 Å². The van der Waals surface area contributed by atoms with E-state index in [-0.39, 0.29) is 0 Å². The molecule has 0 amide bonds. The Labute approximate surface area is 366 Å². The zero-order chi connectivity index (χ0) is 62.7. The summed E-state index contributed by atoms with van der Waals surface area (Å²) in [5.41, 5.74) is -8.98. The molecule has 0 fully saturated rings. The Hall–Kier alpha value is -7.83. The molecule has 0 aliphatic heterocycles. The van der Waals surface area contributed by atoms with Crippen LogP contribution in [0.5, 0.6) is 0 Å². The topological polar surface area (TPSA) is 78.1 Å². The van der Waals surface area contributed by atoms with Crippen LogP contribution in [0.1, 0.15) is 39.8 Å². The Balaban J connectivity index is 1.27. The predicted molar refractivity (Wildman–Crippen MR) is 229 cm³/mol. The third kappa shape index (κ3) is 4.87. The normalized spacial score (nSPS) is 19.0. The van der Waals surface area contributed by atoms with Crippen molar-refractivity contribution in [2.24, 2.45) is 0 Å². The third-order valence-corrected chi connectivity index (χ3v) is 8.99. The Morgan fingerprint density at radius 3 is 1.49 bits per heavy atom. The van der Waals surface area contributed by atoms with E-state index < -0.39 is 297 Å². The first-order chi connectivity index (χ1) is 40.3. The zero-order valence-electron chi connectivity index (χ0n) is 57.1. The van der Waals surface area contributed by atoms with E-state index >= 15 is 0 Å². The van der Waals surface area contributed by atoms with Gasteiger partial charge in [-0.25, -0.2) is 15.0 Å². The summed E-state index contributed by atoms with van der Waals surface area (Å²) in [4.78, 5) is 13.0. The number of benzene rings is 8. The van der Waals surface area contributed by atoms with Crippen molar-refractivity contribution in [1.29, 1.82) is 0 Å². The Kier molecular flexibility index (Phi) is 3.11. The van der Waals surface area contributed by atoms with Crippen molar-refractivity contribution >= 4 is 65.8 Å². The number of rotatable bonds is 5. The van der Waals surface area contributed by atoms with Crippen molar-refractivity contribution in [3.63, 3.8) is 0 Å². The van der Waals surface area contributed by atoms with Gasteiger partial charge in [0.15, 0.2) is 17.5 Å². The van der Waals surface area contributed by atoms with Crippen LogP contribution in [-0.2, 0) is 0 Å². The highest BCUT2D eigenvalue weighted by atomic mass is 16.3. The first-order valence-corrected chi connectivity index (χ1v) is 16.6. The first-order valence-electron chi connectivity index (χ1n) is 31.1. The van der Waals surface area contributed by atoms with Gasteiger partial charge < -0.3 is 13.3 Å². The van der Waals surface area contributed by atoms with Crippen LogP contribution < -0.4 is 0 Å². The highest BCUT2D eigenvalue weighted by Gasteiger charge is 2.24. The molecule has 57 heavy (non-hydrogen) atoms. The number of hydrogen-bond donors (Lipinski definition) is 0. The fourth-order valence-electron chi connectivity index (χ4n) is 6.60. The molecule has 8 aromatic carbocycles. The number of nitrogens with zero attached hydrogens (tertiary/aromatic N) is 3. The molecular formula is C51H29N3O3. The SMILES string of the molecule is [2H]c1c([2H])c([2H])c(-c2nc(-c3c([2H])c([2H])c([2H])c([2H])c3[2H])nc(-c3c([2H])c([2H])c([2H])c4oc5c(-c6c([2H])c([2H])c(-c7c([2H])c([2H])c([2H])c8c7oc7c([2H])c([2H])c([2H])c([2H])c78)c7c6oc6c([2H])c([2H])c([2H])c([2H])c67)c([2H])c([2H])c([2H])c5c34)n2)c([2H])c1[2H]. The average molecular weight is 761 g/mol. The van der Waals surface area contributed by atoms with Gasteiger partial charge >= 0.3 is 0 Å². The molecule has 0 radical (unpaired) electrons. The van der Waals surface area contributed by atoms with Crippen LogP contribution >= 0.6 is 0 Å². The molecule has 4 heterocycles. The molecule has 0 atom stereocenters. The van der Waals surface area contributed by atoms with Gasteiger partial charge in [0, 0.05) is 65.7 Å². The van der Waals surface area contributed by atoms with Crippen molar-refractivity contribution < 1.29 is 53.0 Å². The van der Waals surface area contributed by atoms with Gasteiger partial charge in [0.1, 0.15) is 33.5 Å². The van der Waals surface area contributed by atoms with Crippen molar-refractivity contribution in [3.05, 3.63) is 175 Å². The van der Waals surface area contributed by atoms with E-state index in [2.05, 4.69) is 15.0 Å². The summed E-state index contributed by atoms with van der Waals surface area (Å²) in [6, 6.07) is -25.8. The van der Waals surface area contributed by atoms with Crippen LogP contribution in [0.2, 0.25) is 0 Å². The molecular weight excluding hydrogens is 703 g/mol. The Morgan fingerprint density at radius 2 is 0.754 bits per heavy atom. The van der Waals surface area contributed by atoms with Gasteiger partial charge in [-0.2, -0.15) is 0 Å². The number of furan rings is 3. The lowest BCUT2D eigenvalue weighted by molar-refractivity contribution is 0.665. The molecule has 6 nitrogen and oxygen atoms in total. The summed E-state index contributed by atoms with van der Waals surface area (Å²) >= 11 is 0. The van der Waals surface area contributed by atoms with Crippen molar-refractivity contribution in [1.82, 2.24) is 15.0 Å². The van der Waals surface area contributed by atoms with E-state index in [1.165, 1.54) is 0 Å². The van der Waals surface area contributed by atoms with Crippen LogP contribution in [0.3, 0.4) is 0 Å². The molecule has 0 aliphatic carbocycles. The van der Waals surface area contributed by atoms with Crippen LogP contribution in [0.15, 0.2) is 188 Å². The minimum absolute atomic E-state index is 0.410. The molecule has 0 N–H and O–H groups in total. The molecule has 0 aliphatic rings. The second-order valence-electron chi connectivity index (χ2n) is 12.1. The third-order valence-electron chi connectivity index (χ3n) is 8.99. The van der Waals surface area contributed by atoms with Crippen LogP contribution in [0.4, 0.5) is 0 Å². The van der Waals surface area contributed by atoms with E-state index in [4.69, 9.17) is 40.7 Å². The lowest BCUT2D eigenvalue weighted by Gasteiger charge is -2.10. The van der Waals surface area contributed by atoms with Crippen molar-refractivity contribution in [2.45, 2.75) is 0 Å². The summed E-state index contributed by atoms with van der Waals surface area (Å²) in [5, 5.41) is -3.19. The Bertz CT molecular complexity index is 5100. The van der Waals surface area contributed by atoms with Crippen LogP contribution in [0, 0.1) is 0 Å². The maximum absolute atomic E-state index is 9.87. The largest absolute Gasteiger partial charge is 0.455 e. The molecule has 12 rings (SSSR count). The average Bonchev–Trinajstić information content (AvgIpc) is 1.49. The molecule has 0 unspecified atom stereocenters. The van der Waals surface area contributed by atoms with Gasteiger partial charge in [-0.15, -0.1) is 0 Å². The summed E-state index contributed by atoms with van der Waals surface area (Å²) in [7, 11) is 0. The van der Waals surface area contributed by atoms with Gasteiger partial charge in [-0.05, 0) is 29.7 Å².